The molecule has 1 amide bonds. The average Bonchev–Trinajstić information content (AvgIpc) is 3.33. The predicted octanol–water partition coefficient (Wildman–Crippen LogP) is 5.99. The molecule has 1 aliphatic heterocycles. The van der Waals surface area contributed by atoms with Gasteiger partial charge in [0, 0.05) is 18.2 Å². The quantitative estimate of drug-likeness (QED) is 0.537. The van der Waals surface area contributed by atoms with Gasteiger partial charge in [-0.1, -0.05) is 32.0 Å². The van der Waals surface area contributed by atoms with Crippen molar-refractivity contribution in [2.75, 3.05) is 25.5 Å². The summed E-state index contributed by atoms with van der Waals surface area (Å²) < 4.78 is 11.8. The monoisotopic (exact) mass is 450 g/mol. The number of ether oxygens (including phenoxy) is 2. The number of carbonyl (C=O) groups is 1. The van der Waals surface area contributed by atoms with Gasteiger partial charge in [0.2, 0.25) is 5.91 Å². The summed E-state index contributed by atoms with van der Waals surface area (Å²) in [7, 11) is 1.71. The van der Waals surface area contributed by atoms with Gasteiger partial charge in [-0.2, -0.15) is 0 Å². The largest absolute Gasteiger partial charge is 0.493 e. The first-order chi connectivity index (χ1) is 16.0. The Labute approximate surface area is 198 Å². The van der Waals surface area contributed by atoms with Gasteiger partial charge in [-0.15, -0.1) is 0 Å². The van der Waals surface area contributed by atoms with Crippen LogP contribution in [0.25, 0.3) is 0 Å². The number of methoxy groups -OCH3 is 1. The van der Waals surface area contributed by atoms with Gasteiger partial charge in [0.1, 0.15) is 0 Å². The number of likely N-dealkylation sites (tertiary alicyclic amines) is 1. The highest BCUT2D eigenvalue weighted by molar-refractivity contribution is 5.92. The Kier molecular flexibility index (Phi) is 7.92. The van der Waals surface area contributed by atoms with Crippen LogP contribution in [0.5, 0.6) is 11.5 Å². The summed E-state index contributed by atoms with van der Waals surface area (Å²) in [6, 6.07) is 14.8. The summed E-state index contributed by atoms with van der Waals surface area (Å²) in [5.41, 5.74) is 3.51. The van der Waals surface area contributed by atoms with Crippen LogP contribution < -0.4 is 14.8 Å². The van der Waals surface area contributed by atoms with Crippen molar-refractivity contribution in [2.24, 2.45) is 5.92 Å². The first-order valence-corrected chi connectivity index (χ1v) is 12.5. The normalized spacial score (nSPS) is 17.9. The van der Waals surface area contributed by atoms with E-state index in [0.717, 1.165) is 62.5 Å². The van der Waals surface area contributed by atoms with E-state index in [0.29, 0.717) is 12.0 Å². The molecule has 2 aromatic rings. The van der Waals surface area contributed by atoms with E-state index in [1.54, 1.807) is 7.11 Å². The molecule has 0 unspecified atom stereocenters. The van der Waals surface area contributed by atoms with Crippen LogP contribution in [0.3, 0.4) is 0 Å². The minimum absolute atomic E-state index is 0.0149. The Bertz CT molecular complexity index is 928. The third kappa shape index (κ3) is 6.29. The lowest BCUT2D eigenvalue weighted by atomic mass is 9.89. The summed E-state index contributed by atoms with van der Waals surface area (Å²) >= 11 is 0. The summed E-state index contributed by atoms with van der Waals surface area (Å²) in [5.74, 6) is 2.30. The first-order valence-electron chi connectivity index (χ1n) is 12.5. The van der Waals surface area contributed by atoms with Crippen molar-refractivity contribution < 1.29 is 14.3 Å². The highest BCUT2D eigenvalue weighted by Gasteiger charge is 2.22. The molecule has 0 atom stereocenters. The molecule has 5 nitrogen and oxygen atoms in total. The van der Waals surface area contributed by atoms with E-state index in [1.165, 1.54) is 24.0 Å². The van der Waals surface area contributed by atoms with Gasteiger partial charge in [0.25, 0.3) is 0 Å². The highest BCUT2D eigenvalue weighted by atomic mass is 16.5. The van der Waals surface area contributed by atoms with E-state index in [2.05, 4.69) is 40.5 Å². The predicted molar refractivity (Wildman–Crippen MR) is 133 cm³/mol. The standard InChI is InChI=1S/C28H38N2O3/c1-20(2)28(31)29-24-8-6-7-23(18-24)22-13-15-30(16-14-22)19-21-11-12-26(32-3)27(17-21)33-25-9-4-5-10-25/h6-8,11-12,17-18,20,22,25H,4-5,9-10,13-16,19H2,1-3H3,(H,29,31). The van der Waals surface area contributed by atoms with Crippen LogP contribution in [0.4, 0.5) is 5.69 Å². The molecule has 1 N–H and O–H groups in total. The summed E-state index contributed by atoms with van der Waals surface area (Å²) in [6.45, 7) is 6.90. The maximum absolute atomic E-state index is 12.0. The number of hydrogen-bond donors (Lipinski definition) is 1. The van der Waals surface area contributed by atoms with Crippen LogP contribution in [0.2, 0.25) is 0 Å². The van der Waals surface area contributed by atoms with E-state index in [9.17, 15) is 4.79 Å². The Morgan fingerprint density at radius 3 is 2.48 bits per heavy atom. The maximum Gasteiger partial charge on any atom is 0.226 e. The molecule has 1 aliphatic carbocycles. The molecule has 0 aromatic heterocycles. The lowest BCUT2D eigenvalue weighted by Gasteiger charge is -2.32. The molecule has 2 aromatic carbocycles. The van der Waals surface area contributed by atoms with Gasteiger partial charge in [-0.3, -0.25) is 9.69 Å². The molecule has 1 heterocycles. The van der Waals surface area contributed by atoms with Crippen molar-refractivity contribution in [3.8, 4) is 11.5 Å². The second-order valence-corrected chi connectivity index (χ2v) is 9.83. The highest BCUT2D eigenvalue weighted by Crippen LogP contribution is 2.34. The lowest BCUT2D eigenvalue weighted by molar-refractivity contribution is -0.118. The third-order valence-electron chi connectivity index (χ3n) is 6.97. The Morgan fingerprint density at radius 1 is 1.03 bits per heavy atom. The van der Waals surface area contributed by atoms with Gasteiger partial charge < -0.3 is 14.8 Å². The van der Waals surface area contributed by atoms with Crippen molar-refractivity contribution >= 4 is 11.6 Å². The van der Waals surface area contributed by atoms with E-state index in [-0.39, 0.29) is 11.8 Å². The Morgan fingerprint density at radius 2 is 1.79 bits per heavy atom. The van der Waals surface area contributed by atoms with Gasteiger partial charge in [-0.05, 0) is 92.9 Å². The zero-order valence-corrected chi connectivity index (χ0v) is 20.3. The number of hydrogen-bond acceptors (Lipinski definition) is 4. The maximum atomic E-state index is 12.0. The number of amides is 1. The molecule has 1 saturated heterocycles. The van der Waals surface area contributed by atoms with E-state index in [4.69, 9.17) is 9.47 Å². The minimum Gasteiger partial charge on any atom is -0.493 e. The van der Waals surface area contributed by atoms with Crippen LogP contribution in [-0.4, -0.2) is 37.1 Å². The molecule has 0 radical (unpaired) electrons. The van der Waals surface area contributed by atoms with Gasteiger partial charge in [-0.25, -0.2) is 0 Å². The fraction of sp³-hybridized carbons (Fsp3) is 0.536. The number of nitrogens with one attached hydrogen (secondary N) is 1. The molecule has 33 heavy (non-hydrogen) atoms. The zero-order chi connectivity index (χ0) is 23.2. The Hall–Kier alpha value is -2.53. The number of benzene rings is 2. The molecular formula is C28H38N2O3. The van der Waals surface area contributed by atoms with E-state index >= 15 is 0 Å². The van der Waals surface area contributed by atoms with Crippen molar-refractivity contribution in [1.29, 1.82) is 0 Å². The summed E-state index contributed by atoms with van der Waals surface area (Å²) in [4.78, 5) is 14.6. The van der Waals surface area contributed by atoms with Crippen molar-refractivity contribution in [1.82, 2.24) is 4.90 Å². The molecule has 0 bridgehead atoms. The summed E-state index contributed by atoms with van der Waals surface area (Å²) in [6.07, 6.45) is 7.38. The molecular weight excluding hydrogens is 412 g/mol. The van der Waals surface area contributed by atoms with Gasteiger partial charge in [0.05, 0.1) is 13.2 Å². The van der Waals surface area contributed by atoms with Gasteiger partial charge in [0.15, 0.2) is 11.5 Å². The second kappa shape index (κ2) is 11.1. The molecule has 2 aliphatic rings. The van der Waals surface area contributed by atoms with Crippen LogP contribution in [0, 0.1) is 5.92 Å². The SMILES string of the molecule is COc1ccc(CN2CCC(c3cccc(NC(=O)C(C)C)c3)CC2)cc1OC1CCCC1. The average molecular weight is 451 g/mol. The van der Waals surface area contributed by atoms with Crippen LogP contribution in [-0.2, 0) is 11.3 Å². The lowest BCUT2D eigenvalue weighted by Crippen LogP contribution is -2.32. The fourth-order valence-electron chi connectivity index (χ4n) is 4.94. The van der Waals surface area contributed by atoms with Crippen LogP contribution >= 0.6 is 0 Å². The van der Waals surface area contributed by atoms with Gasteiger partial charge >= 0.3 is 0 Å². The van der Waals surface area contributed by atoms with Crippen molar-refractivity contribution in [3.63, 3.8) is 0 Å². The van der Waals surface area contributed by atoms with Crippen molar-refractivity contribution in [2.45, 2.75) is 70.9 Å². The van der Waals surface area contributed by atoms with E-state index < -0.39 is 0 Å². The number of anilines is 1. The number of rotatable bonds is 8. The molecule has 2 fully saturated rings. The summed E-state index contributed by atoms with van der Waals surface area (Å²) in [5, 5.41) is 3.03. The molecule has 178 valence electrons. The van der Waals surface area contributed by atoms with Crippen LogP contribution in [0.15, 0.2) is 42.5 Å². The van der Waals surface area contributed by atoms with Crippen LogP contribution in [0.1, 0.15) is 69.4 Å². The first kappa shape index (κ1) is 23.6. The number of carbonyl (C=O) groups excluding carboxylic acids is 1. The van der Waals surface area contributed by atoms with E-state index in [1.807, 2.05) is 26.0 Å². The number of piperidine rings is 1. The minimum atomic E-state index is -0.0149. The molecule has 0 spiro atoms. The molecule has 1 saturated carbocycles. The smallest absolute Gasteiger partial charge is 0.226 e. The zero-order valence-electron chi connectivity index (χ0n) is 20.3. The number of nitrogens with zero attached hydrogens (tertiary/aromatic N) is 1. The third-order valence-corrected chi connectivity index (χ3v) is 6.97. The second-order valence-electron chi connectivity index (χ2n) is 9.83. The Balaban J connectivity index is 1.33. The fourth-order valence-corrected chi connectivity index (χ4v) is 4.94. The van der Waals surface area contributed by atoms with Crippen molar-refractivity contribution in [3.05, 3.63) is 53.6 Å². The molecule has 4 rings (SSSR count). The molecule has 5 heteroatoms. The topological polar surface area (TPSA) is 50.8 Å².